The number of hydrogen-bond acceptors (Lipinski definition) is 4. The zero-order valence-electron chi connectivity index (χ0n) is 19.0. The Labute approximate surface area is 196 Å². The smallest absolute Gasteiger partial charge is 0.280 e. The molecule has 3 heterocycles. The molecule has 0 aliphatic rings. The number of pyridine rings is 1. The van der Waals surface area contributed by atoms with Crippen LogP contribution in [0.1, 0.15) is 46.8 Å². The molecule has 0 atom stereocenters. The molecule has 0 saturated carbocycles. The minimum Gasteiger partial charge on any atom is -0.321 e. The molecule has 0 radical (unpaired) electrons. The predicted octanol–water partition coefficient (Wildman–Crippen LogP) is 5.25. The fourth-order valence-electron chi connectivity index (χ4n) is 3.91. The van der Waals surface area contributed by atoms with Crippen LogP contribution in [0.15, 0.2) is 30.3 Å². The second-order valence-electron chi connectivity index (χ2n) is 8.06. The molecule has 1 aromatic carbocycles. The van der Waals surface area contributed by atoms with Crippen molar-refractivity contribution in [2.24, 2.45) is 0 Å². The Morgan fingerprint density at radius 2 is 1.63 bits per heavy atom. The molecule has 0 aliphatic heterocycles. The molecule has 35 heavy (non-hydrogen) atoms. The summed E-state index contributed by atoms with van der Waals surface area (Å²) >= 11 is 0. The number of amides is 1. The van der Waals surface area contributed by atoms with E-state index >= 15 is 0 Å². The number of rotatable bonds is 7. The van der Waals surface area contributed by atoms with Gasteiger partial charge in [0.15, 0.2) is 5.65 Å². The molecule has 0 fully saturated rings. The number of alkyl halides is 4. The van der Waals surface area contributed by atoms with Gasteiger partial charge in [-0.25, -0.2) is 31.6 Å². The topological polar surface area (TPSA) is 77.6 Å². The van der Waals surface area contributed by atoms with Crippen molar-refractivity contribution in [3.8, 4) is 0 Å². The number of hydrogen-bond donors (Lipinski definition) is 1. The zero-order valence-corrected chi connectivity index (χ0v) is 19.0. The van der Waals surface area contributed by atoms with Crippen LogP contribution in [0.5, 0.6) is 0 Å². The van der Waals surface area contributed by atoms with E-state index in [0.29, 0.717) is 29.7 Å². The monoisotopic (exact) mass is 492 g/mol. The van der Waals surface area contributed by atoms with Gasteiger partial charge in [0, 0.05) is 5.56 Å². The molecule has 0 bridgehead atoms. The Morgan fingerprint density at radius 1 is 0.971 bits per heavy atom. The number of aryl methyl sites for hydroxylation is 2. The first-order valence-electron chi connectivity index (χ1n) is 10.6. The van der Waals surface area contributed by atoms with Crippen molar-refractivity contribution in [3.63, 3.8) is 0 Å². The van der Waals surface area contributed by atoms with E-state index in [1.807, 2.05) is 0 Å². The largest absolute Gasteiger partial charge is 0.321 e. The maximum Gasteiger partial charge on any atom is 0.280 e. The van der Waals surface area contributed by atoms with Gasteiger partial charge in [0.05, 0.1) is 34.7 Å². The van der Waals surface area contributed by atoms with Crippen LogP contribution in [0, 0.1) is 26.6 Å². The van der Waals surface area contributed by atoms with Gasteiger partial charge in [0.2, 0.25) is 5.91 Å². The van der Waals surface area contributed by atoms with Gasteiger partial charge in [-0.15, -0.1) is 0 Å². The number of nitrogens with one attached hydrogen (secondary N) is 1. The van der Waals surface area contributed by atoms with Crippen LogP contribution in [0.25, 0.3) is 11.0 Å². The Balaban J connectivity index is 1.60. The molecule has 4 aromatic rings. The summed E-state index contributed by atoms with van der Waals surface area (Å²) < 4.78 is 69.4. The summed E-state index contributed by atoms with van der Waals surface area (Å²) in [6.07, 6.45) is -6.08. The maximum atomic E-state index is 13.5. The van der Waals surface area contributed by atoms with Crippen molar-refractivity contribution >= 4 is 22.6 Å². The van der Waals surface area contributed by atoms with Gasteiger partial charge in [-0.2, -0.15) is 10.2 Å². The highest BCUT2D eigenvalue weighted by Crippen LogP contribution is 2.32. The standard InChI is InChI=1S/C23H21F5N6O/c1-11-19-16(21(25)26)8-17(22(27)28)29-23(19)34(31-11)10-18(35)30-20-12(2)32-33(13(20)3)9-14-4-6-15(24)7-5-14/h4-8,21-22H,9-10H2,1-3H3,(H,30,35). The number of halogens is 5. The lowest BCUT2D eigenvalue weighted by atomic mass is 10.1. The first kappa shape index (κ1) is 24.3. The van der Waals surface area contributed by atoms with Crippen LogP contribution >= 0.6 is 0 Å². The van der Waals surface area contributed by atoms with Crippen LogP contribution < -0.4 is 5.32 Å². The molecule has 4 rings (SSSR count). The number of carbonyl (C=O) groups excluding carboxylic acids is 1. The third-order valence-electron chi connectivity index (χ3n) is 5.57. The quantitative estimate of drug-likeness (QED) is 0.358. The van der Waals surface area contributed by atoms with Crippen LogP contribution in [0.4, 0.5) is 27.6 Å². The molecule has 0 unspecified atom stereocenters. The number of fused-ring (bicyclic) bond motifs is 1. The molecule has 0 saturated heterocycles. The van der Waals surface area contributed by atoms with Crippen LogP contribution in [0.3, 0.4) is 0 Å². The van der Waals surface area contributed by atoms with Crippen molar-refractivity contribution in [3.05, 3.63) is 70.1 Å². The van der Waals surface area contributed by atoms with Crippen LogP contribution in [-0.2, 0) is 17.9 Å². The van der Waals surface area contributed by atoms with Gasteiger partial charge in [0.25, 0.3) is 12.9 Å². The van der Waals surface area contributed by atoms with Crippen molar-refractivity contribution < 1.29 is 26.7 Å². The zero-order chi connectivity index (χ0) is 25.4. The lowest BCUT2D eigenvalue weighted by Gasteiger charge is -2.09. The molecular formula is C23H21F5N6O. The highest BCUT2D eigenvalue weighted by molar-refractivity contribution is 5.93. The van der Waals surface area contributed by atoms with Crippen LogP contribution in [-0.4, -0.2) is 30.5 Å². The average Bonchev–Trinajstić information content (AvgIpc) is 3.25. The van der Waals surface area contributed by atoms with Gasteiger partial charge in [-0.1, -0.05) is 12.1 Å². The Morgan fingerprint density at radius 3 is 2.26 bits per heavy atom. The second kappa shape index (κ2) is 9.43. The number of aromatic nitrogens is 5. The number of benzene rings is 1. The van der Waals surface area contributed by atoms with E-state index < -0.39 is 36.6 Å². The molecular weight excluding hydrogens is 471 g/mol. The van der Waals surface area contributed by atoms with Gasteiger partial charge in [0.1, 0.15) is 18.1 Å². The number of anilines is 1. The molecule has 184 valence electrons. The molecule has 1 N–H and O–H groups in total. The van der Waals surface area contributed by atoms with Gasteiger partial charge < -0.3 is 5.32 Å². The molecule has 1 amide bonds. The minimum atomic E-state index is -3.06. The molecule has 0 aliphatic carbocycles. The summed E-state index contributed by atoms with van der Waals surface area (Å²) in [5.74, 6) is -0.919. The van der Waals surface area contributed by atoms with E-state index in [1.54, 1.807) is 30.7 Å². The van der Waals surface area contributed by atoms with Crippen molar-refractivity contribution in [2.45, 2.75) is 46.7 Å². The molecule has 3 aromatic heterocycles. The lowest BCUT2D eigenvalue weighted by molar-refractivity contribution is -0.116. The first-order valence-corrected chi connectivity index (χ1v) is 10.6. The van der Waals surface area contributed by atoms with Gasteiger partial charge >= 0.3 is 0 Å². The fraction of sp³-hybridized carbons (Fsp3) is 0.304. The summed E-state index contributed by atoms with van der Waals surface area (Å²) in [4.78, 5) is 16.6. The summed E-state index contributed by atoms with van der Waals surface area (Å²) in [6.45, 7) is 4.80. The highest BCUT2D eigenvalue weighted by Gasteiger charge is 2.24. The predicted molar refractivity (Wildman–Crippen MR) is 118 cm³/mol. The summed E-state index contributed by atoms with van der Waals surface area (Å²) in [7, 11) is 0. The van der Waals surface area contributed by atoms with Crippen LogP contribution in [0.2, 0.25) is 0 Å². The van der Waals surface area contributed by atoms with E-state index in [9.17, 15) is 26.7 Å². The fourth-order valence-corrected chi connectivity index (χ4v) is 3.91. The van der Waals surface area contributed by atoms with E-state index in [-0.39, 0.29) is 22.5 Å². The highest BCUT2D eigenvalue weighted by atomic mass is 19.3. The molecule has 7 nitrogen and oxygen atoms in total. The van der Waals surface area contributed by atoms with E-state index in [0.717, 1.165) is 10.2 Å². The minimum absolute atomic E-state index is 0.0586. The summed E-state index contributed by atoms with van der Waals surface area (Å²) in [6, 6.07) is 6.60. The normalized spacial score (nSPS) is 11.7. The molecule has 12 heteroatoms. The Hall–Kier alpha value is -3.83. The van der Waals surface area contributed by atoms with Gasteiger partial charge in [-0.05, 0) is 44.5 Å². The van der Waals surface area contributed by atoms with Crippen molar-refractivity contribution in [2.75, 3.05) is 5.32 Å². The third-order valence-corrected chi connectivity index (χ3v) is 5.57. The van der Waals surface area contributed by atoms with Crippen molar-refractivity contribution in [1.82, 2.24) is 24.5 Å². The third kappa shape index (κ3) is 4.86. The Kier molecular flexibility index (Phi) is 6.55. The van der Waals surface area contributed by atoms with E-state index in [1.165, 1.54) is 19.1 Å². The van der Waals surface area contributed by atoms with E-state index in [2.05, 4.69) is 20.5 Å². The lowest BCUT2D eigenvalue weighted by Crippen LogP contribution is -2.20. The van der Waals surface area contributed by atoms with Gasteiger partial charge in [-0.3, -0.25) is 9.48 Å². The average molecular weight is 492 g/mol. The SMILES string of the molecule is Cc1nn(Cc2ccc(F)cc2)c(C)c1NC(=O)Cn1nc(C)c2c(C(F)F)cc(C(F)F)nc21. The Bertz CT molecular complexity index is 1390. The summed E-state index contributed by atoms with van der Waals surface area (Å²) in [5, 5.41) is 11.2. The molecule has 0 spiro atoms. The summed E-state index contributed by atoms with van der Waals surface area (Å²) in [5.41, 5.74) is 0.926. The van der Waals surface area contributed by atoms with Crippen molar-refractivity contribution in [1.29, 1.82) is 0 Å². The number of nitrogens with zero attached hydrogens (tertiary/aromatic N) is 5. The second-order valence-corrected chi connectivity index (χ2v) is 8.06. The first-order chi connectivity index (χ1) is 16.5. The number of carbonyl (C=O) groups is 1. The maximum absolute atomic E-state index is 13.5. The van der Waals surface area contributed by atoms with E-state index in [4.69, 9.17) is 0 Å².